The molecule has 1 atom stereocenters. The number of rotatable bonds is 4. The van der Waals surface area contributed by atoms with Crippen LogP contribution in [0.5, 0.6) is 0 Å². The number of amides is 4. The maximum atomic E-state index is 13.4. The standard InChI is InChI=1S/C29H38N4O3.C19H29N3O2.C14H26N2O2.C5H4BrN.ClH/c1-28(2,3)36-27(35)31-25-7-6-21-4-5-22(20-24(21)25)26(34)33-18-12-29(13-19-33)10-16-32(17-11-29)23-8-14-30-15-9-23;1-18(2,3)24-17(23)22-14-8-19(9-15-22)6-12-21(13-7-19)16-4-10-20-11-5-16;1-13(2,3)18-12(17)16-10-6-14(7-11-16)4-8-15-9-5-14;6-5-1-3-7-4-2-5;/h4-5,8-9,14-15,20,25H,6-7,10-13,16-19H2,1-3H3,(H,31,35);4-5,10-11H,6-9,12-15H2,1-3H3;15H,4-11H2,1-3H3;1-4H;1H. The van der Waals surface area contributed by atoms with Gasteiger partial charge in [0, 0.05) is 124 Å². The summed E-state index contributed by atoms with van der Waals surface area (Å²) in [5.41, 5.74) is 5.39. The monoisotopic (exact) mass is 1270 g/mol. The van der Waals surface area contributed by atoms with E-state index < -0.39 is 17.3 Å². The summed E-state index contributed by atoms with van der Waals surface area (Å²) in [5, 5.41) is 6.41. The first-order valence-corrected chi connectivity index (χ1v) is 32.1. The van der Waals surface area contributed by atoms with Gasteiger partial charge in [-0.15, -0.1) is 12.4 Å². The fraction of sp³-hybridized carbons (Fsp3) is 0.627. The zero-order valence-electron chi connectivity index (χ0n) is 52.8. The number of carbonyl (C=O) groups excluding carboxylic acids is 4. The van der Waals surface area contributed by atoms with Crippen LogP contribution in [0.4, 0.5) is 25.8 Å². The number of halogens is 2. The molecule has 2 N–H and O–H groups in total. The van der Waals surface area contributed by atoms with Crippen molar-refractivity contribution in [2.45, 2.75) is 175 Å². The Bertz CT molecular complexity index is 2760. The summed E-state index contributed by atoms with van der Waals surface area (Å²) in [4.78, 5) is 72.7. The molecule has 7 aliphatic rings. The number of benzene rings is 1. The van der Waals surface area contributed by atoms with Gasteiger partial charge in [-0.2, -0.15) is 0 Å². The minimum Gasteiger partial charge on any atom is -0.444 e. The van der Waals surface area contributed by atoms with E-state index in [1.165, 1.54) is 55.5 Å². The molecule has 86 heavy (non-hydrogen) atoms. The molecule has 0 radical (unpaired) electrons. The highest BCUT2D eigenvalue weighted by molar-refractivity contribution is 9.10. The van der Waals surface area contributed by atoms with Gasteiger partial charge < -0.3 is 49.3 Å². The van der Waals surface area contributed by atoms with E-state index in [-0.39, 0.29) is 42.1 Å². The Labute approximate surface area is 527 Å². The number of nitrogens with one attached hydrogen (secondary N) is 2. The minimum absolute atomic E-state index is 0. The van der Waals surface area contributed by atoms with E-state index in [1.807, 2.05) is 126 Å². The number of nitrogens with zero attached hydrogens (tertiary/aromatic N) is 8. The maximum absolute atomic E-state index is 13.4. The van der Waals surface area contributed by atoms with Gasteiger partial charge >= 0.3 is 18.3 Å². The van der Waals surface area contributed by atoms with Crippen molar-refractivity contribution in [1.29, 1.82) is 0 Å². The molecule has 0 saturated carbocycles. The molecule has 1 aromatic carbocycles. The first-order valence-electron chi connectivity index (χ1n) is 31.3. The molecule has 0 bridgehead atoms. The number of pyridine rings is 3. The topological polar surface area (TPSA) is 175 Å². The van der Waals surface area contributed by atoms with Crippen LogP contribution < -0.4 is 20.4 Å². The number of anilines is 2. The van der Waals surface area contributed by atoms with Crippen molar-refractivity contribution in [3.8, 4) is 0 Å². The Hall–Kier alpha value is -5.72. The highest BCUT2D eigenvalue weighted by Crippen LogP contribution is 2.45. The van der Waals surface area contributed by atoms with Gasteiger partial charge in [-0.25, -0.2) is 14.4 Å². The number of hydrogen-bond donors (Lipinski definition) is 2. The van der Waals surface area contributed by atoms with Crippen LogP contribution in [0, 0.1) is 16.2 Å². The molecule has 6 saturated heterocycles. The van der Waals surface area contributed by atoms with E-state index in [4.69, 9.17) is 14.2 Å². The van der Waals surface area contributed by atoms with Gasteiger partial charge in [0.1, 0.15) is 16.8 Å². The fourth-order valence-corrected chi connectivity index (χ4v) is 13.3. The number of aryl methyl sites for hydroxylation is 1. The molecule has 1 aliphatic carbocycles. The van der Waals surface area contributed by atoms with E-state index in [0.717, 1.165) is 146 Å². The summed E-state index contributed by atoms with van der Waals surface area (Å²) >= 11 is 3.27. The second kappa shape index (κ2) is 30.0. The first-order chi connectivity index (χ1) is 40.4. The van der Waals surface area contributed by atoms with Crippen LogP contribution in [0.3, 0.4) is 0 Å². The zero-order valence-corrected chi connectivity index (χ0v) is 55.2. The summed E-state index contributed by atoms with van der Waals surface area (Å²) in [7, 11) is 0. The molecule has 17 nitrogen and oxygen atoms in total. The van der Waals surface area contributed by atoms with Crippen LogP contribution in [0.1, 0.15) is 173 Å². The minimum atomic E-state index is -0.537. The van der Waals surface area contributed by atoms with E-state index in [9.17, 15) is 19.2 Å². The fourth-order valence-electron chi connectivity index (χ4n) is 13.1. The second-order valence-corrected chi connectivity index (χ2v) is 28.6. The molecule has 19 heteroatoms. The normalized spacial score (nSPS) is 20.5. The molecule has 9 heterocycles. The Balaban J connectivity index is 0.000000183. The smallest absolute Gasteiger partial charge is 0.410 e. The Morgan fingerprint density at radius 2 is 0.884 bits per heavy atom. The van der Waals surface area contributed by atoms with Gasteiger partial charge in [-0.05, 0) is 241 Å². The van der Waals surface area contributed by atoms with E-state index >= 15 is 0 Å². The molecule has 4 aromatic rings. The number of alkyl carbamates (subject to hydrolysis) is 1. The van der Waals surface area contributed by atoms with Crippen LogP contribution in [0.2, 0.25) is 0 Å². The van der Waals surface area contributed by atoms with Gasteiger partial charge in [0.25, 0.3) is 5.91 Å². The van der Waals surface area contributed by atoms with Gasteiger partial charge in [-0.3, -0.25) is 19.7 Å². The third-order valence-corrected chi connectivity index (χ3v) is 18.8. The SMILES string of the molecule is Brc1ccncc1.CC(C)(C)OC(=O)N1CCC2(CC1)CCN(c1ccncc1)CC2.CC(C)(C)OC(=O)N1CCC2(CCNCC2)CC1.CC(C)(C)OC(=O)NC1CCc2ccc(C(=O)N3CCC4(CC3)CCN(c3ccncc3)CC4)cc21.Cl. The summed E-state index contributed by atoms with van der Waals surface area (Å²) in [5.74, 6) is 0.102. The molecule has 3 aromatic heterocycles. The van der Waals surface area contributed by atoms with Crippen molar-refractivity contribution in [3.63, 3.8) is 0 Å². The zero-order chi connectivity index (χ0) is 60.9. The highest BCUT2D eigenvalue weighted by atomic mass is 79.9. The number of piperidine rings is 6. The number of ether oxygens (including phenoxy) is 3. The van der Waals surface area contributed by atoms with Gasteiger partial charge in [0.2, 0.25) is 0 Å². The Kier molecular flexibility index (Phi) is 23.6. The van der Waals surface area contributed by atoms with Crippen molar-refractivity contribution in [1.82, 2.24) is 40.3 Å². The first kappa shape index (κ1) is 67.8. The molecule has 472 valence electrons. The van der Waals surface area contributed by atoms with Crippen LogP contribution in [0.25, 0.3) is 0 Å². The van der Waals surface area contributed by atoms with E-state index in [1.54, 1.807) is 12.4 Å². The second-order valence-electron chi connectivity index (χ2n) is 27.7. The Morgan fingerprint density at radius 3 is 1.27 bits per heavy atom. The predicted octanol–water partition coefficient (Wildman–Crippen LogP) is 13.5. The lowest BCUT2D eigenvalue weighted by Crippen LogP contribution is -2.49. The third-order valence-electron chi connectivity index (χ3n) is 18.2. The molecule has 4 amide bonds. The molecule has 6 fully saturated rings. The highest BCUT2D eigenvalue weighted by Gasteiger charge is 2.42. The van der Waals surface area contributed by atoms with Crippen molar-refractivity contribution < 1.29 is 33.4 Å². The maximum Gasteiger partial charge on any atom is 0.410 e. The number of likely N-dealkylation sites (tertiary alicyclic amines) is 3. The molecule has 6 aliphatic heterocycles. The van der Waals surface area contributed by atoms with Gasteiger partial charge in [0.15, 0.2) is 0 Å². The van der Waals surface area contributed by atoms with Crippen molar-refractivity contribution in [2.75, 3.05) is 88.3 Å². The summed E-state index contributed by atoms with van der Waals surface area (Å²) in [6, 6.07) is 18.0. The summed E-state index contributed by atoms with van der Waals surface area (Å²) in [6.45, 7) is 28.7. The van der Waals surface area contributed by atoms with Crippen molar-refractivity contribution in [2.24, 2.45) is 16.2 Å². The van der Waals surface area contributed by atoms with Crippen LogP contribution in [-0.4, -0.2) is 149 Å². The number of aromatic nitrogens is 3. The van der Waals surface area contributed by atoms with Crippen molar-refractivity contribution in [3.05, 3.63) is 113 Å². The Morgan fingerprint density at radius 1 is 0.512 bits per heavy atom. The molecular formula is C67H98BrClN10O7. The lowest BCUT2D eigenvalue weighted by atomic mass is 9.71. The van der Waals surface area contributed by atoms with Crippen LogP contribution in [0.15, 0.2) is 96.3 Å². The quantitative estimate of drug-likeness (QED) is 0.185. The van der Waals surface area contributed by atoms with E-state index in [0.29, 0.717) is 16.2 Å². The van der Waals surface area contributed by atoms with Crippen LogP contribution in [-0.2, 0) is 20.6 Å². The largest absolute Gasteiger partial charge is 0.444 e. The van der Waals surface area contributed by atoms with Gasteiger partial charge in [0.05, 0.1) is 6.04 Å². The number of carbonyl (C=O) groups is 4. The summed E-state index contributed by atoms with van der Waals surface area (Å²) in [6.07, 6.45) is 25.8. The molecular weight excluding hydrogens is 1170 g/mol. The van der Waals surface area contributed by atoms with E-state index in [2.05, 4.69) is 81.6 Å². The third kappa shape index (κ3) is 19.9. The van der Waals surface area contributed by atoms with Crippen molar-refractivity contribution >= 4 is 63.9 Å². The van der Waals surface area contributed by atoms with Gasteiger partial charge in [-0.1, -0.05) is 22.0 Å². The number of fused-ring (bicyclic) bond motifs is 1. The lowest BCUT2D eigenvalue weighted by Gasteiger charge is -2.47. The molecule has 3 spiro atoms. The predicted molar refractivity (Wildman–Crippen MR) is 346 cm³/mol. The molecule has 11 rings (SSSR count). The summed E-state index contributed by atoms with van der Waals surface area (Å²) < 4.78 is 17.4. The van der Waals surface area contributed by atoms with Crippen LogP contribution >= 0.6 is 28.3 Å². The molecule has 1 unspecified atom stereocenters. The number of hydrogen-bond acceptors (Lipinski definition) is 13. The lowest BCUT2D eigenvalue weighted by molar-refractivity contribution is 0.00505. The average Bonchev–Trinajstić information content (AvgIpc) is 1.81. The average molecular weight is 1270 g/mol.